The molecule has 1 unspecified atom stereocenters. The van der Waals surface area contributed by atoms with E-state index in [2.05, 4.69) is 10.6 Å². The average molecular weight is 334 g/mol. The summed E-state index contributed by atoms with van der Waals surface area (Å²) in [7, 11) is 0. The predicted octanol–water partition coefficient (Wildman–Crippen LogP) is 3.25. The smallest absolute Gasteiger partial charge is 0.251 e. The highest BCUT2D eigenvalue weighted by Gasteiger charge is 2.15. The lowest BCUT2D eigenvalue weighted by Crippen LogP contribution is -2.26. The fraction of sp³-hybridized carbons (Fsp3) is 0.278. The second-order valence-corrected chi connectivity index (χ2v) is 5.33. The molecule has 0 aliphatic rings. The van der Waals surface area contributed by atoms with E-state index in [1.807, 2.05) is 6.92 Å². The number of aliphatic hydroxyl groups is 1. The Morgan fingerprint density at radius 2 is 2.00 bits per heavy atom. The first-order valence-electron chi connectivity index (χ1n) is 7.75. The SMILES string of the molecule is CCC(Nc1cccc(C(=O)NCCO)c1)c1ccc(F)cc1F. The van der Waals surface area contributed by atoms with Crippen LogP contribution in [0.5, 0.6) is 0 Å². The fourth-order valence-electron chi connectivity index (χ4n) is 2.41. The van der Waals surface area contributed by atoms with Crippen molar-refractivity contribution in [3.63, 3.8) is 0 Å². The molecule has 3 N–H and O–H groups in total. The van der Waals surface area contributed by atoms with Crippen LogP contribution in [0, 0.1) is 11.6 Å². The fourth-order valence-corrected chi connectivity index (χ4v) is 2.41. The molecule has 2 rings (SSSR count). The van der Waals surface area contributed by atoms with Gasteiger partial charge in [-0.3, -0.25) is 4.79 Å². The van der Waals surface area contributed by atoms with Gasteiger partial charge in [-0.2, -0.15) is 0 Å². The molecule has 1 amide bonds. The first kappa shape index (κ1) is 17.9. The van der Waals surface area contributed by atoms with E-state index in [1.54, 1.807) is 24.3 Å². The molecule has 0 bridgehead atoms. The van der Waals surface area contributed by atoms with E-state index in [1.165, 1.54) is 12.1 Å². The molecule has 128 valence electrons. The summed E-state index contributed by atoms with van der Waals surface area (Å²) in [5.74, 6) is -1.52. The number of rotatable bonds is 7. The lowest BCUT2D eigenvalue weighted by atomic mass is 10.0. The zero-order valence-corrected chi connectivity index (χ0v) is 13.4. The van der Waals surface area contributed by atoms with Gasteiger partial charge in [-0.1, -0.05) is 19.1 Å². The maximum Gasteiger partial charge on any atom is 0.251 e. The summed E-state index contributed by atoms with van der Waals surface area (Å²) in [5, 5.41) is 14.5. The lowest BCUT2D eigenvalue weighted by Gasteiger charge is -2.20. The van der Waals surface area contributed by atoms with Gasteiger partial charge in [-0.15, -0.1) is 0 Å². The molecule has 0 saturated carbocycles. The summed E-state index contributed by atoms with van der Waals surface area (Å²) in [6.07, 6.45) is 0.587. The summed E-state index contributed by atoms with van der Waals surface area (Å²) < 4.78 is 27.0. The van der Waals surface area contributed by atoms with Crippen LogP contribution in [-0.2, 0) is 0 Å². The summed E-state index contributed by atoms with van der Waals surface area (Å²) in [4.78, 5) is 11.9. The van der Waals surface area contributed by atoms with Crippen LogP contribution < -0.4 is 10.6 Å². The van der Waals surface area contributed by atoms with Crippen molar-refractivity contribution in [2.75, 3.05) is 18.5 Å². The zero-order valence-electron chi connectivity index (χ0n) is 13.4. The predicted molar refractivity (Wildman–Crippen MR) is 88.9 cm³/mol. The lowest BCUT2D eigenvalue weighted by molar-refractivity contribution is 0.0945. The molecule has 0 saturated heterocycles. The number of benzene rings is 2. The summed E-state index contributed by atoms with van der Waals surface area (Å²) in [6.45, 7) is 1.93. The second kappa shape index (κ2) is 8.40. The standard InChI is InChI=1S/C18H20F2N2O2/c1-2-17(15-7-6-13(19)11-16(15)20)22-14-5-3-4-12(10-14)18(24)21-8-9-23/h3-7,10-11,17,22-23H,2,8-9H2,1H3,(H,21,24). The van der Waals surface area contributed by atoms with Crippen LogP contribution in [0.3, 0.4) is 0 Å². The Hall–Kier alpha value is -2.47. The number of anilines is 1. The topological polar surface area (TPSA) is 61.4 Å². The molecule has 0 heterocycles. The van der Waals surface area contributed by atoms with E-state index in [0.717, 1.165) is 6.07 Å². The van der Waals surface area contributed by atoms with Crippen LogP contribution in [0.25, 0.3) is 0 Å². The molecule has 1 atom stereocenters. The number of carbonyl (C=O) groups is 1. The number of hydrogen-bond acceptors (Lipinski definition) is 3. The molecule has 2 aromatic carbocycles. The van der Waals surface area contributed by atoms with Gasteiger partial charge in [0.2, 0.25) is 0 Å². The van der Waals surface area contributed by atoms with Gasteiger partial charge in [-0.25, -0.2) is 8.78 Å². The molecule has 0 radical (unpaired) electrons. The Bertz CT molecular complexity index is 707. The Balaban J connectivity index is 2.17. The van der Waals surface area contributed by atoms with Crippen molar-refractivity contribution < 1.29 is 18.7 Å². The van der Waals surface area contributed by atoms with Crippen molar-refractivity contribution in [3.8, 4) is 0 Å². The third kappa shape index (κ3) is 4.52. The highest BCUT2D eigenvalue weighted by atomic mass is 19.1. The van der Waals surface area contributed by atoms with Gasteiger partial charge in [-0.05, 0) is 30.7 Å². The van der Waals surface area contributed by atoms with Gasteiger partial charge in [0.25, 0.3) is 5.91 Å². The minimum atomic E-state index is -0.617. The number of amides is 1. The van der Waals surface area contributed by atoms with E-state index < -0.39 is 11.6 Å². The molecule has 4 nitrogen and oxygen atoms in total. The molecule has 0 aromatic heterocycles. The van der Waals surface area contributed by atoms with Gasteiger partial charge in [0.15, 0.2) is 0 Å². The number of nitrogens with one attached hydrogen (secondary N) is 2. The molecule has 2 aromatic rings. The number of hydrogen-bond donors (Lipinski definition) is 3. The number of halogens is 2. The van der Waals surface area contributed by atoms with Gasteiger partial charge in [0.1, 0.15) is 11.6 Å². The van der Waals surface area contributed by atoms with Crippen LogP contribution in [0.4, 0.5) is 14.5 Å². The Labute approximate surface area is 139 Å². The van der Waals surface area contributed by atoms with Crippen molar-refractivity contribution in [1.82, 2.24) is 5.32 Å². The van der Waals surface area contributed by atoms with E-state index >= 15 is 0 Å². The largest absolute Gasteiger partial charge is 0.395 e. The minimum absolute atomic E-state index is 0.133. The summed E-state index contributed by atoms with van der Waals surface area (Å²) >= 11 is 0. The van der Waals surface area contributed by atoms with Crippen molar-refractivity contribution in [2.24, 2.45) is 0 Å². The first-order valence-corrected chi connectivity index (χ1v) is 7.75. The normalized spacial score (nSPS) is 11.8. The molecule has 0 aliphatic heterocycles. The monoisotopic (exact) mass is 334 g/mol. The number of aliphatic hydroxyl groups excluding tert-OH is 1. The van der Waals surface area contributed by atoms with Gasteiger partial charge in [0.05, 0.1) is 12.6 Å². The van der Waals surface area contributed by atoms with E-state index in [9.17, 15) is 13.6 Å². The molecule has 0 fully saturated rings. The zero-order chi connectivity index (χ0) is 17.5. The Morgan fingerprint density at radius 1 is 1.21 bits per heavy atom. The maximum atomic E-state index is 14.0. The summed E-state index contributed by atoms with van der Waals surface area (Å²) in [6, 6.07) is 9.94. The second-order valence-electron chi connectivity index (χ2n) is 5.33. The highest BCUT2D eigenvalue weighted by molar-refractivity contribution is 5.95. The number of carbonyl (C=O) groups excluding carboxylic acids is 1. The molecule has 0 aliphatic carbocycles. The highest BCUT2D eigenvalue weighted by Crippen LogP contribution is 2.25. The van der Waals surface area contributed by atoms with Crippen molar-refractivity contribution >= 4 is 11.6 Å². The molecular formula is C18H20F2N2O2. The average Bonchev–Trinajstić information content (AvgIpc) is 2.58. The Kier molecular flexibility index (Phi) is 6.26. The third-order valence-corrected chi connectivity index (χ3v) is 3.61. The van der Waals surface area contributed by atoms with Crippen molar-refractivity contribution in [2.45, 2.75) is 19.4 Å². The van der Waals surface area contributed by atoms with Gasteiger partial charge < -0.3 is 15.7 Å². The van der Waals surface area contributed by atoms with Gasteiger partial charge in [0, 0.05) is 29.4 Å². The summed E-state index contributed by atoms with van der Waals surface area (Å²) in [5.41, 5.74) is 1.46. The van der Waals surface area contributed by atoms with Crippen LogP contribution in [-0.4, -0.2) is 24.2 Å². The van der Waals surface area contributed by atoms with Crippen molar-refractivity contribution in [3.05, 3.63) is 65.2 Å². The molecule has 6 heteroatoms. The Morgan fingerprint density at radius 3 is 2.67 bits per heavy atom. The van der Waals surface area contributed by atoms with Gasteiger partial charge >= 0.3 is 0 Å². The quantitative estimate of drug-likeness (QED) is 0.728. The van der Waals surface area contributed by atoms with E-state index in [4.69, 9.17) is 5.11 Å². The first-order chi connectivity index (χ1) is 11.5. The molecular weight excluding hydrogens is 314 g/mol. The van der Waals surface area contributed by atoms with E-state index in [-0.39, 0.29) is 25.1 Å². The third-order valence-electron chi connectivity index (χ3n) is 3.61. The van der Waals surface area contributed by atoms with Crippen LogP contribution in [0.2, 0.25) is 0 Å². The molecule has 24 heavy (non-hydrogen) atoms. The maximum absolute atomic E-state index is 14.0. The van der Waals surface area contributed by atoms with Crippen LogP contribution in [0.1, 0.15) is 35.3 Å². The van der Waals surface area contributed by atoms with Crippen LogP contribution in [0.15, 0.2) is 42.5 Å². The van der Waals surface area contributed by atoms with Crippen molar-refractivity contribution in [1.29, 1.82) is 0 Å². The minimum Gasteiger partial charge on any atom is -0.395 e. The molecule has 0 spiro atoms. The van der Waals surface area contributed by atoms with E-state index in [0.29, 0.717) is 23.2 Å². The van der Waals surface area contributed by atoms with Crippen LogP contribution >= 0.6 is 0 Å².